The van der Waals surface area contributed by atoms with Gasteiger partial charge in [-0.3, -0.25) is 4.90 Å². The summed E-state index contributed by atoms with van der Waals surface area (Å²) >= 11 is 0. The van der Waals surface area contributed by atoms with E-state index in [0.29, 0.717) is 19.4 Å². The standard InChI is InChI=1S/C12H23NO4/c1-5-10(14)6-9-7-16-8-13(9)11(15)17-12(2,3)4/h9-10,14H,5-8H2,1-4H3/t9?,10-/m1/s1. The Morgan fingerprint density at radius 3 is 2.76 bits per heavy atom. The largest absolute Gasteiger partial charge is 0.444 e. The summed E-state index contributed by atoms with van der Waals surface area (Å²) in [7, 11) is 0. The molecule has 1 saturated heterocycles. The van der Waals surface area contributed by atoms with E-state index in [1.807, 2.05) is 27.7 Å². The molecule has 1 fully saturated rings. The molecule has 5 heteroatoms. The Bertz CT molecular complexity index is 262. The Labute approximate surface area is 103 Å². The summed E-state index contributed by atoms with van der Waals surface area (Å²) < 4.78 is 10.6. The summed E-state index contributed by atoms with van der Waals surface area (Å²) in [6.07, 6.45) is 0.448. The van der Waals surface area contributed by atoms with Crippen molar-refractivity contribution < 1.29 is 19.4 Å². The van der Waals surface area contributed by atoms with Gasteiger partial charge in [0.15, 0.2) is 0 Å². The van der Waals surface area contributed by atoms with Gasteiger partial charge in [-0.15, -0.1) is 0 Å². The topological polar surface area (TPSA) is 59.0 Å². The lowest BCUT2D eigenvalue weighted by molar-refractivity contribution is 0.0126. The smallest absolute Gasteiger partial charge is 0.412 e. The number of aliphatic hydroxyl groups excluding tert-OH is 1. The molecule has 1 heterocycles. The van der Waals surface area contributed by atoms with E-state index in [4.69, 9.17) is 9.47 Å². The quantitative estimate of drug-likeness (QED) is 0.822. The van der Waals surface area contributed by atoms with E-state index in [-0.39, 0.29) is 18.9 Å². The summed E-state index contributed by atoms with van der Waals surface area (Å²) in [4.78, 5) is 13.4. The molecule has 100 valence electrons. The van der Waals surface area contributed by atoms with E-state index in [1.54, 1.807) is 4.90 Å². The molecule has 0 spiro atoms. The number of amides is 1. The third kappa shape index (κ3) is 4.52. The molecule has 0 aromatic carbocycles. The number of rotatable bonds is 3. The normalized spacial score (nSPS) is 22.6. The molecule has 0 bridgehead atoms. The Balaban J connectivity index is 2.54. The molecule has 0 aliphatic carbocycles. The van der Waals surface area contributed by atoms with Crippen LogP contribution >= 0.6 is 0 Å². The minimum absolute atomic E-state index is 0.0835. The van der Waals surface area contributed by atoms with E-state index in [9.17, 15) is 9.90 Å². The highest BCUT2D eigenvalue weighted by Gasteiger charge is 2.33. The average Bonchev–Trinajstić information content (AvgIpc) is 2.63. The fourth-order valence-corrected chi connectivity index (χ4v) is 1.68. The molecular formula is C12H23NO4. The van der Waals surface area contributed by atoms with Gasteiger partial charge in [-0.2, -0.15) is 0 Å². The van der Waals surface area contributed by atoms with Crippen LogP contribution in [0.1, 0.15) is 40.5 Å². The Kier molecular flexibility index (Phi) is 4.77. The predicted molar refractivity (Wildman–Crippen MR) is 63.6 cm³/mol. The summed E-state index contributed by atoms with van der Waals surface area (Å²) in [5.41, 5.74) is -0.506. The highest BCUT2D eigenvalue weighted by molar-refractivity contribution is 5.68. The third-order valence-corrected chi connectivity index (χ3v) is 2.62. The van der Waals surface area contributed by atoms with E-state index < -0.39 is 11.7 Å². The first-order valence-corrected chi connectivity index (χ1v) is 6.09. The molecule has 1 aliphatic rings. The zero-order chi connectivity index (χ0) is 13.1. The van der Waals surface area contributed by atoms with Crippen LogP contribution in [-0.2, 0) is 9.47 Å². The van der Waals surface area contributed by atoms with Gasteiger partial charge in [0.1, 0.15) is 12.3 Å². The molecule has 1 rings (SSSR count). The number of ether oxygens (including phenoxy) is 2. The van der Waals surface area contributed by atoms with Crippen LogP contribution in [0.4, 0.5) is 4.79 Å². The lowest BCUT2D eigenvalue weighted by Gasteiger charge is -2.27. The van der Waals surface area contributed by atoms with Crippen molar-refractivity contribution in [1.29, 1.82) is 0 Å². The van der Waals surface area contributed by atoms with Gasteiger partial charge in [0, 0.05) is 0 Å². The zero-order valence-corrected chi connectivity index (χ0v) is 11.1. The van der Waals surface area contributed by atoms with Gasteiger partial charge in [0.05, 0.1) is 18.8 Å². The van der Waals surface area contributed by atoms with Crippen LogP contribution in [0.2, 0.25) is 0 Å². The van der Waals surface area contributed by atoms with Gasteiger partial charge in [-0.05, 0) is 33.6 Å². The van der Waals surface area contributed by atoms with Crippen LogP contribution in [-0.4, -0.2) is 47.2 Å². The van der Waals surface area contributed by atoms with Gasteiger partial charge >= 0.3 is 6.09 Å². The van der Waals surface area contributed by atoms with Crippen molar-refractivity contribution in [2.24, 2.45) is 0 Å². The molecule has 1 N–H and O–H groups in total. The van der Waals surface area contributed by atoms with Crippen LogP contribution in [0.25, 0.3) is 0 Å². The minimum Gasteiger partial charge on any atom is -0.444 e. The maximum atomic E-state index is 11.9. The molecule has 0 aromatic heterocycles. The van der Waals surface area contributed by atoms with Gasteiger partial charge < -0.3 is 14.6 Å². The van der Waals surface area contributed by atoms with Crippen molar-refractivity contribution in [2.75, 3.05) is 13.3 Å². The molecule has 0 saturated carbocycles. The maximum absolute atomic E-state index is 11.9. The Morgan fingerprint density at radius 1 is 1.59 bits per heavy atom. The van der Waals surface area contributed by atoms with Crippen molar-refractivity contribution >= 4 is 6.09 Å². The molecule has 0 radical (unpaired) electrons. The van der Waals surface area contributed by atoms with Crippen LogP contribution in [0.5, 0.6) is 0 Å². The second-order valence-electron chi connectivity index (χ2n) is 5.40. The molecular weight excluding hydrogens is 222 g/mol. The Morgan fingerprint density at radius 2 is 2.24 bits per heavy atom. The first-order chi connectivity index (χ1) is 7.83. The van der Waals surface area contributed by atoms with E-state index >= 15 is 0 Å². The van der Waals surface area contributed by atoms with Crippen molar-refractivity contribution in [3.05, 3.63) is 0 Å². The van der Waals surface area contributed by atoms with Crippen molar-refractivity contribution in [2.45, 2.75) is 58.3 Å². The monoisotopic (exact) mass is 245 g/mol. The van der Waals surface area contributed by atoms with Crippen LogP contribution in [0.15, 0.2) is 0 Å². The molecule has 2 atom stereocenters. The molecule has 1 aliphatic heterocycles. The van der Waals surface area contributed by atoms with Crippen LogP contribution < -0.4 is 0 Å². The van der Waals surface area contributed by atoms with Crippen molar-refractivity contribution in [1.82, 2.24) is 4.90 Å². The zero-order valence-electron chi connectivity index (χ0n) is 11.1. The van der Waals surface area contributed by atoms with Gasteiger partial charge in [-0.1, -0.05) is 6.92 Å². The number of carbonyl (C=O) groups excluding carboxylic acids is 1. The van der Waals surface area contributed by atoms with E-state index in [2.05, 4.69) is 0 Å². The number of hydrogen-bond acceptors (Lipinski definition) is 4. The molecule has 1 unspecified atom stereocenters. The first-order valence-electron chi connectivity index (χ1n) is 6.09. The fraction of sp³-hybridized carbons (Fsp3) is 0.917. The SMILES string of the molecule is CC[C@@H](O)CC1COCN1C(=O)OC(C)(C)C. The summed E-state index contributed by atoms with van der Waals surface area (Å²) in [5, 5.41) is 9.62. The van der Waals surface area contributed by atoms with E-state index in [1.165, 1.54) is 0 Å². The number of aliphatic hydroxyl groups is 1. The summed E-state index contributed by atoms with van der Waals surface area (Å²) in [5.74, 6) is 0. The van der Waals surface area contributed by atoms with Crippen molar-refractivity contribution in [3.63, 3.8) is 0 Å². The van der Waals surface area contributed by atoms with Crippen LogP contribution in [0.3, 0.4) is 0 Å². The first kappa shape index (κ1) is 14.3. The van der Waals surface area contributed by atoms with Gasteiger partial charge in [0.2, 0.25) is 0 Å². The third-order valence-electron chi connectivity index (χ3n) is 2.62. The molecule has 5 nitrogen and oxygen atoms in total. The Hall–Kier alpha value is -0.810. The predicted octanol–water partition coefficient (Wildman–Crippen LogP) is 1.74. The second kappa shape index (κ2) is 5.69. The highest BCUT2D eigenvalue weighted by Crippen LogP contribution is 2.19. The second-order valence-corrected chi connectivity index (χ2v) is 5.40. The van der Waals surface area contributed by atoms with Gasteiger partial charge in [0.25, 0.3) is 0 Å². The minimum atomic E-state index is -0.506. The number of carbonyl (C=O) groups is 1. The van der Waals surface area contributed by atoms with Gasteiger partial charge in [-0.25, -0.2) is 4.79 Å². The average molecular weight is 245 g/mol. The lowest BCUT2D eigenvalue weighted by atomic mass is 10.1. The summed E-state index contributed by atoms with van der Waals surface area (Å²) in [6, 6.07) is -0.0835. The summed E-state index contributed by atoms with van der Waals surface area (Å²) in [6.45, 7) is 8.12. The fourth-order valence-electron chi connectivity index (χ4n) is 1.68. The maximum Gasteiger partial charge on any atom is 0.412 e. The lowest BCUT2D eigenvalue weighted by Crippen LogP contribution is -2.41. The number of hydrogen-bond donors (Lipinski definition) is 1. The molecule has 1 amide bonds. The van der Waals surface area contributed by atoms with E-state index in [0.717, 1.165) is 0 Å². The van der Waals surface area contributed by atoms with Crippen LogP contribution in [0, 0.1) is 0 Å². The molecule has 0 aromatic rings. The number of nitrogens with zero attached hydrogens (tertiary/aromatic N) is 1. The molecule has 17 heavy (non-hydrogen) atoms. The van der Waals surface area contributed by atoms with Crippen molar-refractivity contribution in [3.8, 4) is 0 Å². The highest BCUT2D eigenvalue weighted by atomic mass is 16.6.